The minimum Gasteiger partial charge on any atom is -0.456 e. The molecule has 3 heteroatoms. The Morgan fingerprint density at radius 2 is 0.973 bits per heavy atom. The molecule has 0 radical (unpaired) electrons. The van der Waals surface area contributed by atoms with Gasteiger partial charge in [-0.15, -0.1) is 0 Å². The van der Waals surface area contributed by atoms with Gasteiger partial charge in [0.2, 0.25) is 0 Å². The van der Waals surface area contributed by atoms with Crippen molar-refractivity contribution < 1.29 is 8.98 Å². The molecule has 0 unspecified atom stereocenters. The summed E-state index contributed by atoms with van der Waals surface area (Å²) in [5, 5.41) is 6.89. The molecule has 0 amide bonds. The topological polar surface area (TPSA) is 30.2 Å². The van der Waals surface area contributed by atoms with Gasteiger partial charge in [-0.2, -0.15) is 0 Å². The molecule has 0 aliphatic carbocycles. The molecule has 6 aromatic carbocycles. The number of benzene rings is 6. The van der Waals surface area contributed by atoms with Gasteiger partial charge in [0.05, 0.1) is 0 Å². The predicted octanol–water partition coefficient (Wildman–Crippen LogP) is 8.05. The van der Waals surface area contributed by atoms with Gasteiger partial charge in [-0.1, -0.05) is 103 Å². The number of hydrogen-bond donors (Lipinski definition) is 0. The largest absolute Gasteiger partial charge is 0.456 e. The first-order valence-corrected chi connectivity index (χ1v) is 14.1. The van der Waals surface area contributed by atoms with Crippen molar-refractivity contribution in [1.29, 1.82) is 0 Å². The van der Waals surface area contributed by atoms with Crippen LogP contribution in [0.25, 0.3) is 43.8 Å². The minimum absolute atomic E-state index is 0.794. The van der Waals surface area contributed by atoms with Crippen molar-refractivity contribution in [3.63, 3.8) is 0 Å². The fourth-order valence-electron chi connectivity index (χ4n) is 5.23. The van der Waals surface area contributed by atoms with Gasteiger partial charge in [0.25, 0.3) is 0 Å². The van der Waals surface area contributed by atoms with Crippen LogP contribution in [-0.2, 0) is 4.57 Å². The van der Waals surface area contributed by atoms with Crippen molar-refractivity contribution in [3.05, 3.63) is 140 Å². The van der Waals surface area contributed by atoms with Crippen LogP contribution >= 0.6 is 7.14 Å². The zero-order chi connectivity index (χ0) is 24.8. The first-order valence-electron chi connectivity index (χ1n) is 12.4. The molecule has 0 fully saturated rings. The molecule has 0 bridgehead atoms. The molecule has 176 valence electrons. The Morgan fingerprint density at radius 3 is 1.68 bits per heavy atom. The van der Waals surface area contributed by atoms with Crippen molar-refractivity contribution in [2.24, 2.45) is 0 Å². The Morgan fingerprint density at radius 1 is 0.432 bits per heavy atom. The van der Waals surface area contributed by atoms with E-state index in [0.717, 1.165) is 49.0 Å². The van der Waals surface area contributed by atoms with Crippen LogP contribution in [0, 0.1) is 0 Å². The molecule has 0 atom stereocenters. The Kier molecular flexibility index (Phi) is 5.09. The molecule has 37 heavy (non-hydrogen) atoms. The van der Waals surface area contributed by atoms with Crippen LogP contribution in [0.2, 0.25) is 0 Å². The number of rotatable bonds is 4. The summed E-state index contributed by atoms with van der Waals surface area (Å²) in [6, 6.07) is 46.8. The third-order valence-electron chi connectivity index (χ3n) is 7.14. The van der Waals surface area contributed by atoms with Gasteiger partial charge in [0.1, 0.15) is 11.2 Å². The van der Waals surface area contributed by atoms with Gasteiger partial charge in [-0.3, -0.25) is 0 Å². The third-order valence-corrected chi connectivity index (χ3v) is 10.2. The minimum atomic E-state index is -3.07. The summed E-state index contributed by atoms with van der Waals surface area (Å²) in [6.07, 6.45) is 0. The quantitative estimate of drug-likeness (QED) is 0.232. The van der Waals surface area contributed by atoms with E-state index in [1.807, 2.05) is 78.9 Å². The van der Waals surface area contributed by atoms with Crippen molar-refractivity contribution >= 4 is 55.8 Å². The zero-order valence-corrected chi connectivity index (χ0v) is 20.9. The van der Waals surface area contributed by atoms with E-state index in [0.29, 0.717) is 0 Å². The normalized spacial score (nSPS) is 11.9. The fraction of sp³-hybridized carbons (Fsp3) is 0. The number of fused-ring (bicyclic) bond motifs is 4. The molecule has 0 spiro atoms. The average Bonchev–Trinajstić information content (AvgIpc) is 3.34. The lowest BCUT2D eigenvalue weighted by Gasteiger charge is -2.20. The molecular weight excluding hydrogens is 471 g/mol. The molecule has 0 aliphatic heterocycles. The van der Waals surface area contributed by atoms with E-state index in [1.54, 1.807) is 0 Å². The summed E-state index contributed by atoms with van der Waals surface area (Å²) >= 11 is 0. The van der Waals surface area contributed by atoms with Crippen molar-refractivity contribution in [2.45, 2.75) is 0 Å². The summed E-state index contributed by atoms with van der Waals surface area (Å²) < 4.78 is 21.1. The Bertz CT molecular complexity index is 1910. The van der Waals surface area contributed by atoms with Crippen molar-refractivity contribution in [3.8, 4) is 11.1 Å². The van der Waals surface area contributed by atoms with E-state index >= 15 is 0 Å². The lowest BCUT2D eigenvalue weighted by atomic mass is 9.99. The van der Waals surface area contributed by atoms with E-state index in [-0.39, 0.29) is 0 Å². The molecule has 1 aromatic heterocycles. The molecule has 0 saturated carbocycles. The highest BCUT2D eigenvalue weighted by molar-refractivity contribution is 7.85. The highest BCUT2D eigenvalue weighted by Crippen LogP contribution is 2.44. The van der Waals surface area contributed by atoms with Crippen LogP contribution in [0.5, 0.6) is 0 Å². The van der Waals surface area contributed by atoms with Crippen LogP contribution in [0.3, 0.4) is 0 Å². The Labute approximate surface area is 215 Å². The van der Waals surface area contributed by atoms with Crippen LogP contribution < -0.4 is 15.9 Å². The second kappa shape index (κ2) is 8.62. The molecule has 7 aromatic rings. The van der Waals surface area contributed by atoms with Crippen molar-refractivity contribution in [1.82, 2.24) is 0 Å². The summed E-state index contributed by atoms with van der Waals surface area (Å²) in [6.45, 7) is 0. The first-order chi connectivity index (χ1) is 18.2. The maximum Gasteiger partial charge on any atom is 0.171 e. The SMILES string of the molecule is O=P(c1ccccc1)(c1ccccc1)c1ccc2oc3ccc(-c4ccc5ccccc5c4)cc3c2c1. The lowest BCUT2D eigenvalue weighted by molar-refractivity contribution is 0.592. The van der Waals surface area contributed by atoms with Gasteiger partial charge in [-0.05, 0) is 58.3 Å². The third kappa shape index (κ3) is 3.61. The smallest absolute Gasteiger partial charge is 0.171 e. The van der Waals surface area contributed by atoms with E-state index in [2.05, 4.69) is 60.7 Å². The number of hydrogen-bond acceptors (Lipinski definition) is 2. The summed E-state index contributed by atoms with van der Waals surface area (Å²) in [5.41, 5.74) is 3.90. The summed E-state index contributed by atoms with van der Waals surface area (Å²) in [5.74, 6) is 0. The Balaban J connectivity index is 1.43. The molecule has 1 heterocycles. The Hall–Kier alpha value is -4.39. The van der Waals surface area contributed by atoms with Gasteiger partial charge >= 0.3 is 0 Å². The van der Waals surface area contributed by atoms with Gasteiger partial charge in [-0.25, -0.2) is 0 Å². The molecular formula is C34H23O2P. The first kappa shape index (κ1) is 21.9. The van der Waals surface area contributed by atoms with Crippen LogP contribution in [0.4, 0.5) is 0 Å². The highest BCUT2D eigenvalue weighted by Gasteiger charge is 2.30. The van der Waals surface area contributed by atoms with E-state index in [1.165, 1.54) is 10.8 Å². The second-order valence-corrected chi connectivity index (χ2v) is 12.1. The average molecular weight is 495 g/mol. The maximum atomic E-state index is 14.9. The zero-order valence-electron chi connectivity index (χ0n) is 20.0. The lowest BCUT2D eigenvalue weighted by Crippen LogP contribution is -2.24. The fourth-order valence-corrected chi connectivity index (χ4v) is 7.91. The van der Waals surface area contributed by atoms with Gasteiger partial charge in [0, 0.05) is 26.7 Å². The van der Waals surface area contributed by atoms with Crippen LogP contribution in [-0.4, -0.2) is 0 Å². The summed E-state index contributed by atoms with van der Waals surface area (Å²) in [7, 11) is -3.07. The van der Waals surface area contributed by atoms with Crippen LogP contribution in [0.15, 0.2) is 144 Å². The summed E-state index contributed by atoms with van der Waals surface area (Å²) in [4.78, 5) is 0. The highest BCUT2D eigenvalue weighted by atomic mass is 31.2. The van der Waals surface area contributed by atoms with E-state index < -0.39 is 7.14 Å². The maximum absolute atomic E-state index is 14.9. The van der Waals surface area contributed by atoms with Gasteiger partial charge in [0.15, 0.2) is 7.14 Å². The van der Waals surface area contributed by atoms with E-state index in [4.69, 9.17) is 4.42 Å². The van der Waals surface area contributed by atoms with Crippen LogP contribution in [0.1, 0.15) is 0 Å². The number of furan rings is 1. The predicted molar refractivity (Wildman–Crippen MR) is 156 cm³/mol. The standard InChI is InChI=1S/C34H23O2P/c35-37(28-11-3-1-4-12-28,29-13-5-2-6-14-29)30-18-20-34-32(23-30)31-22-27(17-19-33(31)36-34)26-16-15-24-9-7-8-10-25(24)21-26/h1-23H. The molecule has 0 aliphatic rings. The van der Waals surface area contributed by atoms with E-state index in [9.17, 15) is 4.57 Å². The molecule has 2 nitrogen and oxygen atoms in total. The molecule has 7 rings (SSSR count). The molecule has 0 saturated heterocycles. The molecule has 0 N–H and O–H groups in total. The monoisotopic (exact) mass is 494 g/mol. The van der Waals surface area contributed by atoms with Gasteiger partial charge < -0.3 is 8.98 Å². The van der Waals surface area contributed by atoms with Crippen molar-refractivity contribution in [2.75, 3.05) is 0 Å². The second-order valence-electron chi connectivity index (χ2n) is 9.34.